The standard InChI is InChI=1S/C21H26F2N4O3S/c1-13(2)24-21-15(5-8-17(12-22)26-21)7-10-20(28)25-14(3)16-6-9-19(18(23)11-16)27-31(4,29)30/h5-11,13-14,27H,12H2,1-4H3,(H,24,26)(H,25,28)/b10-7+/t14-/m1/s1. The molecule has 31 heavy (non-hydrogen) atoms. The Hall–Kier alpha value is -3.01. The van der Waals surface area contributed by atoms with Crippen molar-refractivity contribution in [2.45, 2.75) is 39.5 Å². The molecule has 0 spiro atoms. The lowest BCUT2D eigenvalue weighted by molar-refractivity contribution is -0.117. The molecule has 0 aliphatic carbocycles. The van der Waals surface area contributed by atoms with E-state index in [0.29, 0.717) is 16.9 Å². The number of alkyl halides is 1. The van der Waals surface area contributed by atoms with Crippen molar-refractivity contribution in [3.05, 3.63) is 59.0 Å². The summed E-state index contributed by atoms with van der Waals surface area (Å²) in [5.41, 5.74) is 1.21. The molecule has 0 unspecified atom stereocenters. The van der Waals surface area contributed by atoms with Crippen molar-refractivity contribution in [3.63, 3.8) is 0 Å². The maximum Gasteiger partial charge on any atom is 0.244 e. The molecule has 0 bridgehead atoms. The summed E-state index contributed by atoms with van der Waals surface area (Å²) in [5.74, 6) is -0.697. The Morgan fingerprint density at radius 2 is 1.90 bits per heavy atom. The van der Waals surface area contributed by atoms with Crippen molar-refractivity contribution in [1.82, 2.24) is 10.3 Å². The zero-order valence-electron chi connectivity index (χ0n) is 17.7. The van der Waals surface area contributed by atoms with Gasteiger partial charge in [0.15, 0.2) is 0 Å². The molecule has 0 saturated heterocycles. The van der Waals surface area contributed by atoms with E-state index in [-0.39, 0.29) is 17.4 Å². The zero-order valence-corrected chi connectivity index (χ0v) is 18.6. The van der Waals surface area contributed by atoms with Gasteiger partial charge in [-0.2, -0.15) is 0 Å². The van der Waals surface area contributed by atoms with Gasteiger partial charge in [-0.3, -0.25) is 9.52 Å². The molecule has 168 valence electrons. The van der Waals surface area contributed by atoms with Crippen LogP contribution in [-0.2, 0) is 21.5 Å². The van der Waals surface area contributed by atoms with Gasteiger partial charge in [0.05, 0.1) is 23.7 Å². The molecule has 1 aromatic carbocycles. The van der Waals surface area contributed by atoms with Crippen LogP contribution in [-0.4, -0.2) is 31.6 Å². The van der Waals surface area contributed by atoms with Gasteiger partial charge in [0.2, 0.25) is 15.9 Å². The number of anilines is 2. The summed E-state index contributed by atoms with van der Waals surface area (Å²) in [5, 5.41) is 5.83. The van der Waals surface area contributed by atoms with Crippen molar-refractivity contribution in [2.24, 2.45) is 0 Å². The van der Waals surface area contributed by atoms with E-state index in [0.717, 1.165) is 12.3 Å². The van der Waals surface area contributed by atoms with E-state index in [1.807, 2.05) is 13.8 Å². The topological polar surface area (TPSA) is 100 Å². The molecule has 0 radical (unpaired) electrons. The number of halogens is 2. The molecule has 7 nitrogen and oxygen atoms in total. The molecule has 2 aromatic rings. The number of sulfonamides is 1. The average Bonchev–Trinajstić information content (AvgIpc) is 2.67. The summed E-state index contributed by atoms with van der Waals surface area (Å²) in [4.78, 5) is 16.5. The predicted octanol–water partition coefficient (Wildman–Crippen LogP) is 3.77. The van der Waals surface area contributed by atoms with Gasteiger partial charge >= 0.3 is 0 Å². The van der Waals surface area contributed by atoms with Gasteiger partial charge < -0.3 is 10.6 Å². The largest absolute Gasteiger partial charge is 0.367 e. The Kier molecular flexibility index (Phi) is 8.09. The molecule has 1 aromatic heterocycles. The third-order valence-electron chi connectivity index (χ3n) is 4.11. The van der Waals surface area contributed by atoms with Crippen LogP contribution in [0.4, 0.5) is 20.3 Å². The molecular formula is C21H26F2N4O3S. The molecule has 1 atom stereocenters. The lowest BCUT2D eigenvalue weighted by Crippen LogP contribution is -2.24. The van der Waals surface area contributed by atoms with Crippen LogP contribution in [0.5, 0.6) is 0 Å². The summed E-state index contributed by atoms with van der Waals surface area (Å²) in [6.07, 6.45) is 3.80. The van der Waals surface area contributed by atoms with Gasteiger partial charge in [-0.1, -0.05) is 6.07 Å². The first-order chi connectivity index (χ1) is 14.5. The molecule has 0 saturated carbocycles. The van der Waals surface area contributed by atoms with Gasteiger partial charge in [0.25, 0.3) is 0 Å². The lowest BCUT2D eigenvalue weighted by Gasteiger charge is -2.15. The summed E-state index contributed by atoms with van der Waals surface area (Å²) in [6.45, 7) is 4.82. The summed E-state index contributed by atoms with van der Waals surface area (Å²) >= 11 is 0. The molecule has 0 aliphatic heterocycles. The van der Waals surface area contributed by atoms with E-state index in [1.54, 1.807) is 25.1 Å². The molecule has 3 N–H and O–H groups in total. The summed E-state index contributed by atoms with van der Waals surface area (Å²) in [7, 11) is -3.60. The van der Waals surface area contributed by atoms with Gasteiger partial charge in [0.1, 0.15) is 18.3 Å². The number of carbonyl (C=O) groups is 1. The van der Waals surface area contributed by atoms with Crippen LogP contribution in [0.15, 0.2) is 36.4 Å². The third kappa shape index (κ3) is 7.63. The minimum Gasteiger partial charge on any atom is -0.367 e. The highest BCUT2D eigenvalue weighted by Crippen LogP contribution is 2.21. The van der Waals surface area contributed by atoms with E-state index in [4.69, 9.17) is 0 Å². The first-order valence-electron chi connectivity index (χ1n) is 9.56. The molecule has 0 aliphatic rings. The van der Waals surface area contributed by atoms with E-state index >= 15 is 0 Å². The maximum absolute atomic E-state index is 14.2. The van der Waals surface area contributed by atoms with Gasteiger partial charge in [0, 0.05) is 17.7 Å². The van der Waals surface area contributed by atoms with Gasteiger partial charge in [-0.05, 0) is 56.7 Å². The Labute approximate surface area is 181 Å². The number of hydrogen-bond donors (Lipinski definition) is 3. The van der Waals surface area contributed by atoms with Crippen molar-refractivity contribution >= 4 is 33.5 Å². The fraction of sp³-hybridized carbons (Fsp3) is 0.333. The van der Waals surface area contributed by atoms with E-state index < -0.39 is 34.5 Å². The number of aromatic nitrogens is 1. The number of pyridine rings is 1. The van der Waals surface area contributed by atoms with Crippen molar-refractivity contribution in [1.29, 1.82) is 0 Å². The maximum atomic E-state index is 14.2. The first kappa shape index (κ1) is 24.3. The number of hydrogen-bond acceptors (Lipinski definition) is 5. The Bertz CT molecular complexity index is 1070. The highest BCUT2D eigenvalue weighted by molar-refractivity contribution is 7.92. The predicted molar refractivity (Wildman–Crippen MR) is 118 cm³/mol. The molecule has 1 amide bonds. The minimum absolute atomic E-state index is 0.0680. The number of nitrogens with one attached hydrogen (secondary N) is 3. The minimum atomic E-state index is -3.60. The molecule has 1 heterocycles. The van der Waals surface area contributed by atoms with Crippen molar-refractivity contribution in [3.8, 4) is 0 Å². The molecule has 2 rings (SSSR count). The Morgan fingerprint density at radius 1 is 1.19 bits per heavy atom. The number of amides is 1. The van der Waals surface area contributed by atoms with Crippen LogP contribution in [0.25, 0.3) is 6.08 Å². The van der Waals surface area contributed by atoms with Crippen LogP contribution >= 0.6 is 0 Å². The lowest BCUT2D eigenvalue weighted by atomic mass is 10.1. The molecule has 10 heteroatoms. The second-order valence-electron chi connectivity index (χ2n) is 7.35. The van der Waals surface area contributed by atoms with Crippen molar-refractivity contribution < 1.29 is 22.0 Å². The normalized spacial score (nSPS) is 12.7. The van der Waals surface area contributed by atoms with Crippen LogP contribution in [0.3, 0.4) is 0 Å². The van der Waals surface area contributed by atoms with E-state index in [1.165, 1.54) is 18.2 Å². The Morgan fingerprint density at radius 3 is 2.48 bits per heavy atom. The second kappa shape index (κ2) is 10.3. The third-order valence-corrected chi connectivity index (χ3v) is 4.70. The second-order valence-corrected chi connectivity index (χ2v) is 9.10. The quantitative estimate of drug-likeness (QED) is 0.503. The first-order valence-corrected chi connectivity index (χ1v) is 11.5. The summed E-state index contributed by atoms with van der Waals surface area (Å²) < 4.78 is 51.7. The highest BCUT2D eigenvalue weighted by atomic mass is 32.2. The Balaban J connectivity index is 2.10. The van der Waals surface area contributed by atoms with Gasteiger partial charge in [-0.15, -0.1) is 0 Å². The van der Waals surface area contributed by atoms with Crippen LogP contribution in [0, 0.1) is 5.82 Å². The number of carbonyl (C=O) groups excluding carboxylic acids is 1. The monoisotopic (exact) mass is 452 g/mol. The molecule has 0 fully saturated rings. The number of benzene rings is 1. The smallest absolute Gasteiger partial charge is 0.244 e. The van der Waals surface area contributed by atoms with E-state index in [2.05, 4.69) is 20.3 Å². The van der Waals surface area contributed by atoms with Crippen LogP contribution in [0.2, 0.25) is 0 Å². The molecular weight excluding hydrogens is 426 g/mol. The van der Waals surface area contributed by atoms with E-state index in [9.17, 15) is 22.0 Å². The number of rotatable bonds is 9. The summed E-state index contributed by atoms with van der Waals surface area (Å²) in [6, 6.07) is 6.73. The van der Waals surface area contributed by atoms with Crippen LogP contribution < -0.4 is 15.4 Å². The van der Waals surface area contributed by atoms with Crippen molar-refractivity contribution in [2.75, 3.05) is 16.3 Å². The zero-order chi connectivity index (χ0) is 23.2. The average molecular weight is 453 g/mol. The fourth-order valence-corrected chi connectivity index (χ4v) is 3.27. The SMILES string of the molecule is CC(C)Nc1nc(CF)ccc1/C=C/C(=O)N[C@H](C)c1ccc(NS(C)(=O)=O)c(F)c1. The van der Waals surface area contributed by atoms with Crippen LogP contribution in [0.1, 0.15) is 43.6 Å². The fourth-order valence-electron chi connectivity index (χ4n) is 2.70. The number of nitrogens with zero attached hydrogens (tertiary/aromatic N) is 1. The highest BCUT2D eigenvalue weighted by Gasteiger charge is 2.13. The van der Waals surface area contributed by atoms with Gasteiger partial charge in [-0.25, -0.2) is 22.2 Å².